The molecule has 0 aliphatic rings. The molecule has 3 nitrogen and oxygen atoms in total. The molecule has 0 aromatic heterocycles. The van der Waals surface area contributed by atoms with E-state index in [9.17, 15) is 4.39 Å². The predicted octanol–water partition coefficient (Wildman–Crippen LogP) is 4.06. The van der Waals surface area contributed by atoms with Gasteiger partial charge in [-0.05, 0) is 42.8 Å². The predicted molar refractivity (Wildman–Crippen MR) is 84.1 cm³/mol. The Bertz CT molecular complexity index is 602. The molecule has 0 aliphatic heterocycles. The van der Waals surface area contributed by atoms with Gasteiger partial charge in [0.2, 0.25) is 0 Å². The van der Waals surface area contributed by atoms with Crippen LogP contribution in [0.2, 0.25) is 0 Å². The number of methoxy groups -OCH3 is 1. The Morgan fingerprint density at radius 1 is 1.14 bits per heavy atom. The summed E-state index contributed by atoms with van der Waals surface area (Å²) >= 11 is 3.22. The number of hydrogen-bond donors (Lipinski definition) is 1. The van der Waals surface area contributed by atoms with Gasteiger partial charge in [-0.3, -0.25) is 0 Å². The monoisotopic (exact) mass is 353 g/mol. The summed E-state index contributed by atoms with van der Waals surface area (Å²) in [5, 5.41) is 0. The van der Waals surface area contributed by atoms with E-state index >= 15 is 0 Å². The minimum absolute atomic E-state index is 0.177. The fraction of sp³-hybridized carbons (Fsp3) is 0.250. The molecule has 2 N–H and O–H groups in total. The van der Waals surface area contributed by atoms with Crippen molar-refractivity contribution in [2.45, 2.75) is 19.1 Å². The largest absolute Gasteiger partial charge is 0.497 e. The van der Waals surface area contributed by atoms with Crippen LogP contribution in [0, 0.1) is 5.82 Å². The van der Waals surface area contributed by atoms with E-state index in [0.29, 0.717) is 4.47 Å². The first-order valence-electron chi connectivity index (χ1n) is 6.52. The van der Waals surface area contributed by atoms with Gasteiger partial charge in [0.15, 0.2) is 11.6 Å². The lowest BCUT2D eigenvalue weighted by Gasteiger charge is -2.23. The van der Waals surface area contributed by atoms with Gasteiger partial charge in [-0.15, -0.1) is 0 Å². The van der Waals surface area contributed by atoms with Crippen molar-refractivity contribution < 1.29 is 13.9 Å². The number of nitrogens with two attached hydrogens (primary N) is 1. The topological polar surface area (TPSA) is 44.5 Å². The molecule has 2 aromatic carbocycles. The molecular weight excluding hydrogens is 337 g/mol. The van der Waals surface area contributed by atoms with Crippen LogP contribution in [-0.2, 0) is 0 Å². The zero-order chi connectivity index (χ0) is 15.4. The van der Waals surface area contributed by atoms with Crippen LogP contribution in [0.3, 0.4) is 0 Å². The van der Waals surface area contributed by atoms with E-state index in [1.165, 1.54) is 6.07 Å². The number of benzene rings is 2. The highest BCUT2D eigenvalue weighted by molar-refractivity contribution is 9.10. The molecule has 0 aliphatic carbocycles. The third kappa shape index (κ3) is 3.95. The molecule has 0 heterocycles. The van der Waals surface area contributed by atoms with Crippen molar-refractivity contribution in [1.82, 2.24) is 0 Å². The Labute approximate surface area is 132 Å². The minimum atomic E-state index is -0.438. The van der Waals surface area contributed by atoms with Gasteiger partial charge < -0.3 is 15.2 Å². The zero-order valence-corrected chi connectivity index (χ0v) is 13.4. The molecule has 0 radical (unpaired) electrons. The van der Waals surface area contributed by atoms with Crippen LogP contribution in [-0.4, -0.2) is 13.2 Å². The lowest BCUT2D eigenvalue weighted by atomic mass is 10.0. The molecule has 0 saturated heterocycles. The van der Waals surface area contributed by atoms with Crippen LogP contribution in [0.5, 0.6) is 11.5 Å². The first-order chi connectivity index (χ1) is 10.0. The summed E-state index contributed by atoms with van der Waals surface area (Å²) in [5.41, 5.74) is 6.85. The van der Waals surface area contributed by atoms with Gasteiger partial charge >= 0.3 is 0 Å². The summed E-state index contributed by atoms with van der Waals surface area (Å²) in [6, 6.07) is 11.8. The van der Waals surface area contributed by atoms with Crippen molar-refractivity contribution in [3.05, 3.63) is 58.3 Å². The van der Waals surface area contributed by atoms with Gasteiger partial charge in [0.1, 0.15) is 11.9 Å². The van der Waals surface area contributed by atoms with Gasteiger partial charge in [-0.25, -0.2) is 4.39 Å². The molecular formula is C16H17BrFNO2. The molecule has 0 spiro atoms. The van der Waals surface area contributed by atoms with Gasteiger partial charge in [0.25, 0.3) is 0 Å². The average molecular weight is 354 g/mol. The molecule has 2 unspecified atom stereocenters. The van der Waals surface area contributed by atoms with Crippen LogP contribution in [0.25, 0.3) is 0 Å². The molecule has 0 amide bonds. The molecule has 21 heavy (non-hydrogen) atoms. The van der Waals surface area contributed by atoms with E-state index < -0.39 is 11.9 Å². The quantitative estimate of drug-likeness (QED) is 0.881. The van der Waals surface area contributed by atoms with Gasteiger partial charge in [0, 0.05) is 10.5 Å². The summed E-state index contributed by atoms with van der Waals surface area (Å²) in [5.74, 6) is 0.497. The highest BCUT2D eigenvalue weighted by Gasteiger charge is 2.20. The smallest absolute Gasteiger partial charge is 0.166 e. The molecule has 112 valence electrons. The molecule has 5 heteroatoms. The fourth-order valence-electron chi connectivity index (χ4n) is 1.98. The molecule has 0 bridgehead atoms. The number of rotatable bonds is 5. The second-order valence-electron chi connectivity index (χ2n) is 4.75. The Kier molecular flexibility index (Phi) is 5.20. The van der Waals surface area contributed by atoms with Crippen LogP contribution in [0.15, 0.2) is 46.9 Å². The standard InChI is InChI=1S/C16H17BrFNO2/c1-10(19)16(11-3-6-13(20-2)7-4-11)21-15-8-5-12(17)9-14(15)18/h3-10,16H,19H2,1-2H3. The first kappa shape index (κ1) is 15.8. The fourth-order valence-corrected chi connectivity index (χ4v) is 2.31. The second-order valence-corrected chi connectivity index (χ2v) is 5.66. The molecule has 2 rings (SSSR count). The number of ether oxygens (including phenoxy) is 2. The Balaban J connectivity index is 2.26. The van der Waals surface area contributed by atoms with E-state index in [1.807, 2.05) is 31.2 Å². The number of halogens is 2. The van der Waals surface area contributed by atoms with Gasteiger partial charge in [-0.2, -0.15) is 0 Å². The van der Waals surface area contributed by atoms with Crippen LogP contribution >= 0.6 is 15.9 Å². The van der Waals surface area contributed by atoms with E-state index in [-0.39, 0.29) is 11.8 Å². The summed E-state index contributed by atoms with van der Waals surface area (Å²) in [6.07, 6.45) is -0.438. The summed E-state index contributed by atoms with van der Waals surface area (Å²) in [4.78, 5) is 0. The van der Waals surface area contributed by atoms with Crippen molar-refractivity contribution in [1.29, 1.82) is 0 Å². The van der Waals surface area contributed by atoms with Crippen molar-refractivity contribution in [2.75, 3.05) is 7.11 Å². The van der Waals surface area contributed by atoms with Gasteiger partial charge in [-0.1, -0.05) is 28.1 Å². The minimum Gasteiger partial charge on any atom is -0.497 e. The van der Waals surface area contributed by atoms with E-state index in [1.54, 1.807) is 19.2 Å². The Morgan fingerprint density at radius 2 is 1.81 bits per heavy atom. The summed E-state index contributed by atoms with van der Waals surface area (Å²) in [6.45, 7) is 1.83. The third-order valence-electron chi connectivity index (χ3n) is 3.07. The normalized spacial score (nSPS) is 13.6. The SMILES string of the molecule is COc1ccc(C(Oc2ccc(Br)cc2F)C(C)N)cc1. The molecule has 0 saturated carbocycles. The lowest BCUT2D eigenvalue weighted by Crippen LogP contribution is -2.29. The van der Waals surface area contributed by atoms with Crippen molar-refractivity contribution in [3.63, 3.8) is 0 Å². The van der Waals surface area contributed by atoms with E-state index in [4.69, 9.17) is 15.2 Å². The van der Waals surface area contributed by atoms with Crippen LogP contribution in [0.4, 0.5) is 4.39 Å². The maximum Gasteiger partial charge on any atom is 0.166 e. The van der Waals surface area contributed by atoms with E-state index in [2.05, 4.69) is 15.9 Å². The molecule has 2 aromatic rings. The van der Waals surface area contributed by atoms with Crippen molar-refractivity contribution in [2.24, 2.45) is 5.73 Å². The van der Waals surface area contributed by atoms with E-state index in [0.717, 1.165) is 11.3 Å². The highest BCUT2D eigenvalue weighted by Crippen LogP contribution is 2.29. The Hall–Kier alpha value is -1.59. The second kappa shape index (κ2) is 6.91. The number of hydrogen-bond acceptors (Lipinski definition) is 3. The first-order valence-corrected chi connectivity index (χ1v) is 7.32. The van der Waals surface area contributed by atoms with Crippen molar-refractivity contribution in [3.8, 4) is 11.5 Å². The molecule has 2 atom stereocenters. The van der Waals surface area contributed by atoms with Crippen LogP contribution < -0.4 is 15.2 Å². The summed E-state index contributed by atoms with van der Waals surface area (Å²) < 4.78 is 25.4. The lowest BCUT2D eigenvalue weighted by molar-refractivity contribution is 0.172. The third-order valence-corrected chi connectivity index (χ3v) is 3.56. The highest BCUT2D eigenvalue weighted by atomic mass is 79.9. The Morgan fingerprint density at radius 3 is 2.33 bits per heavy atom. The zero-order valence-electron chi connectivity index (χ0n) is 11.8. The summed E-state index contributed by atoms with van der Waals surface area (Å²) in [7, 11) is 1.60. The average Bonchev–Trinajstić information content (AvgIpc) is 2.46. The molecule has 0 fully saturated rings. The van der Waals surface area contributed by atoms with Gasteiger partial charge in [0.05, 0.1) is 7.11 Å². The maximum atomic E-state index is 13.9. The van der Waals surface area contributed by atoms with Crippen molar-refractivity contribution >= 4 is 15.9 Å². The van der Waals surface area contributed by atoms with Crippen LogP contribution in [0.1, 0.15) is 18.6 Å². The maximum absolute atomic E-state index is 13.9.